The fraction of sp³-hybridized carbons (Fsp3) is 0.565. The molecular formula is C23H35N5O2S. The van der Waals surface area contributed by atoms with Gasteiger partial charge in [0.05, 0.1) is 19.2 Å². The number of rotatable bonds is 10. The largest absolute Gasteiger partial charge is 0.497 e. The third kappa shape index (κ3) is 7.40. The molecule has 1 aromatic heterocycles. The number of ether oxygens (including phenoxy) is 2. The molecule has 1 unspecified atom stereocenters. The van der Waals surface area contributed by atoms with Gasteiger partial charge in [0.15, 0.2) is 5.96 Å². The van der Waals surface area contributed by atoms with Crippen LogP contribution in [0.4, 0.5) is 0 Å². The van der Waals surface area contributed by atoms with Crippen LogP contribution in [0.5, 0.6) is 11.5 Å². The summed E-state index contributed by atoms with van der Waals surface area (Å²) in [6.45, 7) is 5.90. The van der Waals surface area contributed by atoms with Crippen LogP contribution in [0.1, 0.15) is 35.5 Å². The number of hydrogen-bond acceptors (Lipinski definition) is 6. The van der Waals surface area contributed by atoms with Gasteiger partial charge in [0.25, 0.3) is 0 Å². The Morgan fingerprint density at radius 1 is 1.23 bits per heavy atom. The summed E-state index contributed by atoms with van der Waals surface area (Å²) < 4.78 is 10.8. The van der Waals surface area contributed by atoms with Crippen molar-refractivity contribution >= 4 is 17.3 Å². The topological polar surface area (TPSA) is 71.0 Å². The molecule has 0 aliphatic carbocycles. The zero-order chi connectivity index (χ0) is 22.1. The van der Waals surface area contributed by atoms with Crippen LogP contribution in [-0.4, -0.2) is 62.8 Å². The third-order valence-corrected chi connectivity index (χ3v) is 6.46. The second-order valence-electron chi connectivity index (χ2n) is 7.92. The maximum atomic E-state index is 5.39. The molecule has 3 rings (SSSR count). The van der Waals surface area contributed by atoms with Crippen LogP contribution in [0.25, 0.3) is 0 Å². The van der Waals surface area contributed by atoms with Crippen molar-refractivity contribution < 1.29 is 9.47 Å². The summed E-state index contributed by atoms with van der Waals surface area (Å²) in [5, 5.41) is 10.4. The summed E-state index contributed by atoms with van der Waals surface area (Å²) in [4.78, 5) is 11.4. The fourth-order valence-corrected chi connectivity index (χ4v) is 4.64. The minimum Gasteiger partial charge on any atom is -0.497 e. The molecule has 0 amide bonds. The number of methoxy groups -OCH3 is 2. The molecule has 1 saturated heterocycles. The van der Waals surface area contributed by atoms with Crippen molar-refractivity contribution in [1.82, 2.24) is 20.5 Å². The Hall–Kier alpha value is -2.32. The molecule has 0 bridgehead atoms. The lowest BCUT2D eigenvalue weighted by atomic mass is 10.2. The lowest BCUT2D eigenvalue weighted by molar-refractivity contribution is 0.321. The van der Waals surface area contributed by atoms with E-state index >= 15 is 0 Å². The van der Waals surface area contributed by atoms with Gasteiger partial charge in [-0.3, -0.25) is 9.89 Å². The SMILES string of the molecule is CN=C(NCCCCc1nc(C)cs1)NC1CCN(Cc2cc(OC)cc(OC)c2)C1. The van der Waals surface area contributed by atoms with Gasteiger partial charge in [-0.25, -0.2) is 4.98 Å². The van der Waals surface area contributed by atoms with Crippen molar-refractivity contribution in [2.75, 3.05) is 40.9 Å². The third-order valence-electron chi connectivity index (χ3n) is 5.43. The number of aryl methyl sites for hydroxylation is 2. The van der Waals surface area contributed by atoms with Crippen LogP contribution < -0.4 is 20.1 Å². The van der Waals surface area contributed by atoms with Crippen LogP contribution in [0.2, 0.25) is 0 Å². The molecule has 170 valence electrons. The number of nitrogens with zero attached hydrogens (tertiary/aromatic N) is 3. The van der Waals surface area contributed by atoms with E-state index in [1.807, 2.05) is 13.1 Å². The zero-order valence-corrected chi connectivity index (χ0v) is 19.9. The molecular weight excluding hydrogens is 410 g/mol. The number of guanidine groups is 1. The van der Waals surface area contributed by atoms with Crippen LogP contribution >= 0.6 is 11.3 Å². The van der Waals surface area contributed by atoms with Crippen molar-refractivity contribution in [2.24, 2.45) is 4.99 Å². The number of hydrogen-bond donors (Lipinski definition) is 2. The first-order valence-corrected chi connectivity index (χ1v) is 11.8. The Labute approximate surface area is 189 Å². The summed E-state index contributed by atoms with van der Waals surface area (Å²) >= 11 is 1.76. The maximum absolute atomic E-state index is 5.39. The van der Waals surface area contributed by atoms with Crippen LogP contribution in [0.15, 0.2) is 28.6 Å². The monoisotopic (exact) mass is 445 g/mol. The second kappa shape index (κ2) is 11.9. The summed E-state index contributed by atoms with van der Waals surface area (Å²) in [5.74, 6) is 2.55. The first kappa shape index (κ1) is 23.3. The van der Waals surface area contributed by atoms with Crippen LogP contribution in [0, 0.1) is 6.92 Å². The first-order valence-electron chi connectivity index (χ1n) is 10.9. The highest BCUT2D eigenvalue weighted by Gasteiger charge is 2.23. The molecule has 0 radical (unpaired) electrons. The quantitative estimate of drug-likeness (QED) is 0.332. The van der Waals surface area contributed by atoms with E-state index in [-0.39, 0.29) is 0 Å². The molecule has 2 heterocycles. The number of aromatic nitrogens is 1. The number of unbranched alkanes of at least 4 members (excludes halogenated alkanes) is 1. The molecule has 2 N–H and O–H groups in total. The van der Waals surface area contributed by atoms with E-state index in [0.29, 0.717) is 6.04 Å². The maximum Gasteiger partial charge on any atom is 0.191 e. The van der Waals surface area contributed by atoms with Gasteiger partial charge in [-0.05, 0) is 50.3 Å². The van der Waals surface area contributed by atoms with Crippen molar-refractivity contribution in [1.29, 1.82) is 0 Å². The van der Waals surface area contributed by atoms with E-state index in [1.54, 1.807) is 25.6 Å². The summed E-state index contributed by atoms with van der Waals surface area (Å²) in [6, 6.07) is 6.47. The summed E-state index contributed by atoms with van der Waals surface area (Å²) in [7, 11) is 5.21. The van der Waals surface area contributed by atoms with E-state index in [2.05, 4.69) is 49.9 Å². The van der Waals surface area contributed by atoms with Crippen molar-refractivity contribution in [3.8, 4) is 11.5 Å². The first-order chi connectivity index (χ1) is 15.1. The molecule has 7 nitrogen and oxygen atoms in total. The van der Waals surface area contributed by atoms with Crippen molar-refractivity contribution in [2.45, 2.75) is 45.2 Å². The standard InChI is InChI=1S/C23H35N5O2S/c1-17-16-31-22(26-17)7-5-6-9-25-23(24-2)27-19-8-10-28(15-19)14-18-11-20(29-3)13-21(12-18)30-4/h11-13,16,19H,5-10,14-15H2,1-4H3,(H2,24,25,27). The molecule has 31 heavy (non-hydrogen) atoms. The van der Waals surface area contributed by atoms with Gasteiger partial charge in [0.1, 0.15) is 11.5 Å². The zero-order valence-electron chi connectivity index (χ0n) is 19.1. The van der Waals surface area contributed by atoms with Gasteiger partial charge in [-0.2, -0.15) is 0 Å². The predicted molar refractivity (Wildman–Crippen MR) is 128 cm³/mol. The molecule has 8 heteroatoms. The molecule has 0 saturated carbocycles. The lowest BCUT2D eigenvalue weighted by Crippen LogP contribution is -2.44. The number of benzene rings is 1. The normalized spacial score (nSPS) is 17.0. The molecule has 0 spiro atoms. The highest BCUT2D eigenvalue weighted by molar-refractivity contribution is 7.09. The van der Waals surface area contributed by atoms with E-state index in [1.165, 1.54) is 10.6 Å². The lowest BCUT2D eigenvalue weighted by Gasteiger charge is -2.19. The van der Waals surface area contributed by atoms with E-state index < -0.39 is 0 Å². The molecule has 1 aromatic carbocycles. The van der Waals surface area contributed by atoms with Gasteiger partial charge >= 0.3 is 0 Å². The smallest absolute Gasteiger partial charge is 0.191 e. The van der Waals surface area contributed by atoms with Gasteiger partial charge in [-0.15, -0.1) is 11.3 Å². The minimum atomic E-state index is 0.400. The summed E-state index contributed by atoms with van der Waals surface area (Å²) in [6.07, 6.45) is 4.40. The molecule has 1 aliphatic heterocycles. The number of thiazole rings is 1. The average molecular weight is 446 g/mol. The molecule has 1 fully saturated rings. The van der Waals surface area contributed by atoms with Gasteiger partial charge in [0, 0.05) is 56.4 Å². The number of aliphatic imine (C=N–C) groups is 1. The number of likely N-dealkylation sites (tertiary alicyclic amines) is 1. The van der Waals surface area contributed by atoms with Crippen molar-refractivity contribution in [3.63, 3.8) is 0 Å². The van der Waals surface area contributed by atoms with Crippen molar-refractivity contribution in [3.05, 3.63) is 39.8 Å². The van der Waals surface area contributed by atoms with Gasteiger partial charge < -0.3 is 20.1 Å². The van der Waals surface area contributed by atoms with Crippen LogP contribution in [-0.2, 0) is 13.0 Å². The Kier molecular flexibility index (Phi) is 8.97. The second-order valence-corrected chi connectivity index (χ2v) is 8.87. The van der Waals surface area contributed by atoms with E-state index in [9.17, 15) is 0 Å². The van der Waals surface area contributed by atoms with Crippen LogP contribution in [0.3, 0.4) is 0 Å². The molecule has 1 atom stereocenters. The summed E-state index contributed by atoms with van der Waals surface area (Å²) in [5.41, 5.74) is 2.33. The molecule has 2 aromatic rings. The Bertz CT molecular complexity index is 832. The highest BCUT2D eigenvalue weighted by Crippen LogP contribution is 2.24. The fourth-order valence-electron chi connectivity index (χ4n) is 3.82. The van der Waals surface area contributed by atoms with E-state index in [4.69, 9.17) is 9.47 Å². The minimum absolute atomic E-state index is 0.400. The Morgan fingerprint density at radius 3 is 2.65 bits per heavy atom. The predicted octanol–water partition coefficient (Wildman–Crippen LogP) is 3.23. The Balaban J connectivity index is 1.38. The molecule has 1 aliphatic rings. The van der Waals surface area contributed by atoms with Gasteiger partial charge in [0.2, 0.25) is 0 Å². The van der Waals surface area contributed by atoms with E-state index in [0.717, 1.165) is 75.0 Å². The average Bonchev–Trinajstić information content (AvgIpc) is 3.40. The Morgan fingerprint density at radius 2 is 2.00 bits per heavy atom. The highest BCUT2D eigenvalue weighted by atomic mass is 32.1. The van der Waals surface area contributed by atoms with Gasteiger partial charge in [-0.1, -0.05) is 0 Å². The number of nitrogens with one attached hydrogen (secondary N) is 2.